The third-order valence-electron chi connectivity index (χ3n) is 4.55. The molecule has 0 saturated carbocycles. The predicted molar refractivity (Wildman–Crippen MR) is 83.5 cm³/mol. The molecule has 2 unspecified atom stereocenters. The highest BCUT2D eigenvalue weighted by molar-refractivity contribution is 7.91. The van der Waals surface area contributed by atoms with E-state index < -0.39 is 9.84 Å². The van der Waals surface area contributed by atoms with Crippen LogP contribution in [-0.4, -0.2) is 32.1 Å². The van der Waals surface area contributed by atoms with Crippen LogP contribution >= 0.6 is 0 Å². The second kappa shape index (κ2) is 5.29. The van der Waals surface area contributed by atoms with E-state index in [1.165, 1.54) is 11.1 Å². The molecule has 0 aliphatic carbocycles. The van der Waals surface area contributed by atoms with E-state index in [2.05, 4.69) is 24.4 Å². The van der Waals surface area contributed by atoms with Crippen molar-refractivity contribution < 1.29 is 13.2 Å². The Bertz CT molecular complexity index is 641. The van der Waals surface area contributed by atoms with Gasteiger partial charge in [-0.05, 0) is 37.0 Å². The number of benzene rings is 1. The predicted octanol–water partition coefficient (Wildman–Crippen LogP) is 2.24. The van der Waals surface area contributed by atoms with E-state index in [0.717, 1.165) is 25.2 Å². The molecule has 1 aromatic rings. The number of sulfone groups is 1. The van der Waals surface area contributed by atoms with E-state index in [0.29, 0.717) is 12.2 Å². The Morgan fingerprint density at radius 2 is 2.24 bits per heavy atom. The lowest BCUT2D eigenvalue weighted by Crippen LogP contribution is -2.45. The standard InChI is InChI=1S/C16H23NO3S/c1-3-14(17-16(2)7-9-21(18,19)11-16)12-4-5-15-13(10-12)6-8-20-15/h4-5,10,14,17H,3,6-9,11H2,1-2H3. The summed E-state index contributed by atoms with van der Waals surface area (Å²) < 4.78 is 29.0. The van der Waals surface area contributed by atoms with Crippen molar-refractivity contribution in [3.8, 4) is 5.75 Å². The molecule has 0 bridgehead atoms. The summed E-state index contributed by atoms with van der Waals surface area (Å²) in [5, 5.41) is 3.59. The van der Waals surface area contributed by atoms with E-state index in [9.17, 15) is 8.42 Å². The van der Waals surface area contributed by atoms with Gasteiger partial charge in [-0.1, -0.05) is 19.1 Å². The van der Waals surface area contributed by atoms with Gasteiger partial charge in [0.1, 0.15) is 5.75 Å². The smallest absolute Gasteiger partial charge is 0.152 e. The normalized spacial score (nSPS) is 28.1. The molecule has 21 heavy (non-hydrogen) atoms. The van der Waals surface area contributed by atoms with Crippen molar-refractivity contribution in [2.45, 2.75) is 44.7 Å². The SMILES string of the molecule is CCC(NC1(C)CCS(=O)(=O)C1)c1ccc2c(c1)CCO2. The fourth-order valence-corrected chi connectivity index (χ4v) is 5.49. The zero-order valence-electron chi connectivity index (χ0n) is 12.7. The first-order chi connectivity index (χ1) is 9.91. The molecule has 0 aromatic heterocycles. The van der Waals surface area contributed by atoms with Gasteiger partial charge < -0.3 is 10.1 Å². The maximum atomic E-state index is 11.7. The summed E-state index contributed by atoms with van der Waals surface area (Å²) >= 11 is 0. The largest absolute Gasteiger partial charge is 0.493 e. The monoisotopic (exact) mass is 309 g/mol. The van der Waals surface area contributed by atoms with Crippen LogP contribution in [0.1, 0.15) is 43.9 Å². The van der Waals surface area contributed by atoms with Crippen LogP contribution in [0.5, 0.6) is 5.75 Å². The van der Waals surface area contributed by atoms with Gasteiger partial charge in [0.2, 0.25) is 0 Å². The molecule has 1 saturated heterocycles. The number of nitrogens with one attached hydrogen (secondary N) is 1. The summed E-state index contributed by atoms with van der Waals surface area (Å²) in [6, 6.07) is 6.53. The van der Waals surface area contributed by atoms with E-state index in [-0.39, 0.29) is 17.3 Å². The molecule has 0 amide bonds. The topological polar surface area (TPSA) is 55.4 Å². The van der Waals surface area contributed by atoms with Crippen molar-refractivity contribution in [3.05, 3.63) is 29.3 Å². The molecule has 4 nitrogen and oxygen atoms in total. The average Bonchev–Trinajstić information content (AvgIpc) is 2.99. The van der Waals surface area contributed by atoms with Crippen LogP contribution in [0.25, 0.3) is 0 Å². The molecule has 2 heterocycles. The summed E-state index contributed by atoms with van der Waals surface area (Å²) in [4.78, 5) is 0. The van der Waals surface area contributed by atoms with Gasteiger partial charge in [-0.2, -0.15) is 0 Å². The number of ether oxygens (including phenoxy) is 1. The minimum absolute atomic E-state index is 0.189. The highest BCUT2D eigenvalue weighted by atomic mass is 32.2. The van der Waals surface area contributed by atoms with Crippen LogP contribution in [-0.2, 0) is 16.3 Å². The molecule has 2 aliphatic rings. The molecule has 0 spiro atoms. The van der Waals surface area contributed by atoms with Crippen molar-refractivity contribution in [2.24, 2.45) is 0 Å². The van der Waals surface area contributed by atoms with Crippen molar-refractivity contribution in [1.29, 1.82) is 0 Å². The van der Waals surface area contributed by atoms with Gasteiger partial charge in [-0.15, -0.1) is 0 Å². The number of rotatable bonds is 4. The van der Waals surface area contributed by atoms with Crippen molar-refractivity contribution in [2.75, 3.05) is 18.1 Å². The van der Waals surface area contributed by atoms with Crippen LogP contribution < -0.4 is 10.1 Å². The Balaban J connectivity index is 1.79. The van der Waals surface area contributed by atoms with Crippen molar-refractivity contribution >= 4 is 9.84 Å². The summed E-state index contributed by atoms with van der Waals surface area (Å²) in [5.41, 5.74) is 2.18. The first kappa shape index (κ1) is 14.9. The zero-order chi connectivity index (χ0) is 15.1. The van der Waals surface area contributed by atoms with Gasteiger partial charge in [0.05, 0.1) is 18.1 Å². The molecule has 0 radical (unpaired) electrons. The summed E-state index contributed by atoms with van der Waals surface area (Å²) in [6.07, 6.45) is 2.60. The van der Waals surface area contributed by atoms with Gasteiger partial charge in [-0.25, -0.2) is 8.42 Å². The molecule has 1 fully saturated rings. The lowest BCUT2D eigenvalue weighted by Gasteiger charge is -2.30. The van der Waals surface area contributed by atoms with E-state index >= 15 is 0 Å². The van der Waals surface area contributed by atoms with Crippen LogP contribution in [0.2, 0.25) is 0 Å². The first-order valence-corrected chi connectivity index (χ1v) is 9.47. The zero-order valence-corrected chi connectivity index (χ0v) is 13.5. The lowest BCUT2D eigenvalue weighted by molar-refractivity contribution is 0.337. The highest BCUT2D eigenvalue weighted by Gasteiger charge is 2.39. The molecule has 116 valence electrons. The minimum Gasteiger partial charge on any atom is -0.493 e. The average molecular weight is 309 g/mol. The Kier molecular flexibility index (Phi) is 3.74. The second-order valence-electron chi connectivity index (χ2n) is 6.47. The second-order valence-corrected chi connectivity index (χ2v) is 8.66. The molecular formula is C16H23NO3S. The van der Waals surface area contributed by atoms with E-state index in [1.54, 1.807) is 0 Å². The molecule has 5 heteroatoms. The number of hydrogen-bond donors (Lipinski definition) is 1. The summed E-state index contributed by atoms with van der Waals surface area (Å²) in [5.74, 6) is 1.53. The lowest BCUT2D eigenvalue weighted by atomic mass is 9.95. The molecule has 2 atom stereocenters. The fraction of sp³-hybridized carbons (Fsp3) is 0.625. The van der Waals surface area contributed by atoms with Crippen LogP contribution in [0.3, 0.4) is 0 Å². The summed E-state index contributed by atoms with van der Waals surface area (Å²) in [7, 11) is -2.88. The van der Waals surface area contributed by atoms with E-state index in [1.807, 2.05) is 13.0 Å². The van der Waals surface area contributed by atoms with Gasteiger partial charge in [0, 0.05) is 18.0 Å². The first-order valence-electron chi connectivity index (χ1n) is 7.64. The summed E-state index contributed by atoms with van der Waals surface area (Å²) in [6.45, 7) is 4.92. The van der Waals surface area contributed by atoms with Gasteiger partial charge in [-0.3, -0.25) is 0 Å². The molecule has 1 N–H and O–H groups in total. The molecule has 3 rings (SSSR count). The third kappa shape index (κ3) is 3.09. The number of hydrogen-bond acceptors (Lipinski definition) is 4. The third-order valence-corrected chi connectivity index (χ3v) is 6.45. The fourth-order valence-electron chi connectivity index (χ4n) is 3.39. The maximum Gasteiger partial charge on any atom is 0.152 e. The van der Waals surface area contributed by atoms with Crippen LogP contribution in [0.4, 0.5) is 0 Å². The highest BCUT2D eigenvalue weighted by Crippen LogP contribution is 2.32. The minimum atomic E-state index is -2.88. The molecular weight excluding hydrogens is 286 g/mol. The quantitative estimate of drug-likeness (QED) is 0.927. The van der Waals surface area contributed by atoms with Crippen molar-refractivity contribution in [1.82, 2.24) is 5.32 Å². The van der Waals surface area contributed by atoms with Gasteiger partial charge in [0.15, 0.2) is 9.84 Å². The Morgan fingerprint density at radius 3 is 2.90 bits per heavy atom. The van der Waals surface area contributed by atoms with Gasteiger partial charge >= 0.3 is 0 Å². The number of fused-ring (bicyclic) bond motifs is 1. The van der Waals surface area contributed by atoms with Crippen molar-refractivity contribution in [3.63, 3.8) is 0 Å². The Morgan fingerprint density at radius 1 is 1.43 bits per heavy atom. The molecule has 2 aliphatic heterocycles. The van der Waals surface area contributed by atoms with Gasteiger partial charge in [0.25, 0.3) is 0 Å². The molecule has 1 aromatic carbocycles. The van der Waals surface area contributed by atoms with E-state index in [4.69, 9.17) is 4.74 Å². The maximum absolute atomic E-state index is 11.7. The van der Waals surface area contributed by atoms with Crippen LogP contribution in [0.15, 0.2) is 18.2 Å². The van der Waals surface area contributed by atoms with Crippen LogP contribution in [0, 0.1) is 0 Å². The Hall–Kier alpha value is -1.07. The Labute approximate surface area is 126 Å².